The lowest BCUT2D eigenvalue weighted by atomic mass is 10.1. The molecule has 1 unspecified atom stereocenters. The first-order valence-corrected chi connectivity index (χ1v) is 4.09. The molecule has 0 bridgehead atoms. The topological polar surface area (TPSA) is 38.9 Å². The fraction of sp³-hybridized carbons (Fsp3) is 0.300. The Bertz CT molecular complexity index is 231. The third kappa shape index (κ3) is 2.84. The van der Waals surface area contributed by atoms with Crippen LogP contribution in [0.5, 0.6) is 0 Å². The summed E-state index contributed by atoms with van der Waals surface area (Å²) >= 11 is 0. The van der Waals surface area contributed by atoms with Crippen LogP contribution >= 0.6 is 0 Å². The van der Waals surface area contributed by atoms with Crippen molar-refractivity contribution < 1.29 is 0 Å². The van der Waals surface area contributed by atoms with E-state index in [4.69, 9.17) is 5.73 Å². The smallest absolute Gasteiger partial charge is 0.0419 e. The van der Waals surface area contributed by atoms with E-state index in [1.165, 1.54) is 0 Å². The van der Waals surface area contributed by atoms with Gasteiger partial charge in [0.1, 0.15) is 0 Å². The number of nitrogens with zero attached hydrogens (tertiary/aromatic N) is 1. The van der Waals surface area contributed by atoms with Crippen molar-refractivity contribution in [3.63, 3.8) is 0 Å². The van der Waals surface area contributed by atoms with Gasteiger partial charge in [0.15, 0.2) is 0 Å². The van der Waals surface area contributed by atoms with Crippen LogP contribution in [-0.4, -0.2) is 11.0 Å². The first-order valence-electron chi connectivity index (χ1n) is 4.09. The summed E-state index contributed by atoms with van der Waals surface area (Å²) in [6.07, 6.45) is 5.30. The molecule has 0 spiro atoms. The molecule has 0 aliphatic rings. The predicted molar refractivity (Wildman–Crippen MR) is 50.7 cm³/mol. The van der Waals surface area contributed by atoms with E-state index in [-0.39, 0.29) is 6.04 Å². The molecule has 2 nitrogen and oxygen atoms in total. The number of rotatable bonds is 4. The molecule has 0 saturated heterocycles. The maximum absolute atomic E-state index is 5.80. The van der Waals surface area contributed by atoms with Crippen molar-refractivity contribution in [1.82, 2.24) is 4.98 Å². The molecule has 0 amide bonds. The molecule has 1 aromatic heterocycles. The van der Waals surface area contributed by atoms with Crippen molar-refractivity contribution in [2.75, 3.05) is 0 Å². The molecule has 64 valence electrons. The molecular formula is C10H14N2. The average Bonchev–Trinajstić information content (AvgIpc) is 2.06. The largest absolute Gasteiger partial charge is 0.327 e. The van der Waals surface area contributed by atoms with E-state index in [1.807, 2.05) is 24.3 Å². The van der Waals surface area contributed by atoms with Gasteiger partial charge in [-0.15, -0.1) is 6.58 Å². The summed E-state index contributed by atoms with van der Waals surface area (Å²) in [6, 6.07) is 6.02. The highest BCUT2D eigenvalue weighted by molar-refractivity contribution is 5.05. The molecule has 1 heterocycles. The van der Waals surface area contributed by atoms with E-state index in [9.17, 15) is 0 Å². The monoisotopic (exact) mass is 162 g/mol. The minimum atomic E-state index is 0.150. The summed E-state index contributed by atoms with van der Waals surface area (Å²) in [5, 5.41) is 0. The highest BCUT2D eigenvalue weighted by atomic mass is 14.7. The molecule has 2 N–H and O–H groups in total. The number of pyridine rings is 1. The van der Waals surface area contributed by atoms with Gasteiger partial charge in [-0.05, 0) is 18.6 Å². The van der Waals surface area contributed by atoms with Gasteiger partial charge in [-0.2, -0.15) is 0 Å². The van der Waals surface area contributed by atoms with Crippen molar-refractivity contribution in [3.8, 4) is 0 Å². The van der Waals surface area contributed by atoms with Gasteiger partial charge in [-0.3, -0.25) is 4.98 Å². The summed E-state index contributed by atoms with van der Waals surface area (Å²) in [7, 11) is 0. The quantitative estimate of drug-likeness (QED) is 0.682. The Balaban J connectivity index is 2.46. The van der Waals surface area contributed by atoms with Crippen LogP contribution in [0.25, 0.3) is 0 Å². The summed E-state index contributed by atoms with van der Waals surface area (Å²) in [5.74, 6) is 0. The van der Waals surface area contributed by atoms with Crippen LogP contribution in [0.15, 0.2) is 37.1 Å². The van der Waals surface area contributed by atoms with E-state index in [0.29, 0.717) is 0 Å². The lowest BCUT2D eigenvalue weighted by molar-refractivity contribution is 0.668. The molecule has 2 heteroatoms. The van der Waals surface area contributed by atoms with Crippen LogP contribution in [0.2, 0.25) is 0 Å². The van der Waals surface area contributed by atoms with Crippen molar-refractivity contribution in [1.29, 1.82) is 0 Å². The third-order valence-electron chi connectivity index (χ3n) is 1.67. The van der Waals surface area contributed by atoms with Crippen molar-refractivity contribution in [3.05, 3.63) is 42.7 Å². The molecule has 1 atom stereocenters. The molecule has 0 aliphatic carbocycles. The Morgan fingerprint density at radius 1 is 1.58 bits per heavy atom. The highest BCUT2D eigenvalue weighted by Gasteiger charge is 2.01. The fourth-order valence-electron chi connectivity index (χ4n) is 1.08. The summed E-state index contributed by atoms with van der Waals surface area (Å²) in [5.41, 5.74) is 6.85. The average molecular weight is 162 g/mol. The predicted octanol–water partition coefficient (Wildman–Crippen LogP) is 1.53. The minimum absolute atomic E-state index is 0.150. The van der Waals surface area contributed by atoms with E-state index < -0.39 is 0 Å². The molecule has 0 aliphatic heterocycles. The zero-order chi connectivity index (χ0) is 8.81. The zero-order valence-electron chi connectivity index (χ0n) is 7.11. The molecular weight excluding hydrogens is 148 g/mol. The fourth-order valence-corrected chi connectivity index (χ4v) is 1.08. The second-order valence-corrected chi connectivity index (χ2v) is 2.81. The van der Waals surface area contributed by atoms with Crippen LogP contribution in [-0.2, 0) is 6.42 Å². The Labute approximate surface area is 73.1 Å². The molecule has 1 aromatic rings. The number of nitrogens with two attached hydrogens (primary N) is 1. The van der Waals surface area contributed by atoms with Gasteiger partial charge in [0.2, 0.25) is 0 Å². The minimum Gasteiger partial charge on any atom is -0.327 e. The van der Waals surface area contributed by atoms with Gasteiger partial charge in [-0.1, -0.05) is 12.1 Å². The summed E-state index contributed by atoms with van der Waals surface area (Å²) in [4.78, 5) is 4.19. The Morgan fingerprint density at radius 2 is 2.42 bits per heavy atom. The van der Waals surface area contributed by atoms with Gasteiger partial charge < -0.3 is 5.73 Å². The summed E-state index contributed by atoms with van der Waals surface area (Å²) in [6.45, 7) is 3.64. The number of hydrogen-bond donors (Lipinski definition) is 1. The van der Waals surface area contributed by atoms with E-state index in [0.717, 1.165) is 18.5 Å². The van der Waals surface area contributed by atoms with E-state index >= 15 is 0 Å². The Kier molecular flexibility index (Phi) is 3.48. The van der Waals surface area contributed by atoms with Crippen LogP contribution in [0.3, 0.4) is 0 Å². The van der Waals surface area contributed by atoms with Crippen LogP contribution in [0.4, 0.5) is 0 Å². The normalized spacial score (nSPS) is 12.4. The summed E-state index contributed by atoms with van der Waals surface area (Å²) < 4.78 is 0. The maximum Gasteiger partial charge on any atom is 0.0419 e. The van der Waals surface area contributed by atoms with Crippen LogP contribution in [0.1, 0.15) is 12.1 Å². The molecule has 12 heavy (non-hydrogen) atoms. The standard InChI is InChI=1S/C10H14N2/c1-2-5-9(11)8-10-6-3-4-7-12-10/h2-4,6-7,9H,1,5,8,11H2. The van der Waals surface area contributed by atoms with Crippen molar-refractivity contribution >= 4 is 0 Å². The number of aromatic nitrogens is 1. The highest BCUT2D eigenvalue weighted by Crippen LogP contribution is 2.00. The second-order valence-electron chi connectivity index (χ2n) is 2.81. The molecule has 0 fully saturated rings. The molecule has 0 aromatic carbocycles. The first kappa shape index (κ1) is 8.94. The van der Waals surface area contributed by atoms with Crippen LogP contribution in [0, 0.1) is 0 Å². The lowest BCUT2D eigenvalue weighted by Crippen LogP contribution is -2.22. The number of hydrogen-bond acceptors (Lipinski definition) is 2. The van der Waals surface area contributed by atoms with E-state index in [1.54, 1.807) is 6.20 Å². The Morgan fingerprint density at radius 3 is 3.00 bits per heavy atom. The molecule has 0 saturated carbocycles. The molecule has 1 rings (SSSR count). The van der Waals surface area contributed by atoms with Gasteiger partial charge >= 0.3 is 0 Å². The van der Waals surface area contributed by atoms with Gasteiger partial charge in [0.05, 0.1) is 0 Å². The van der Waals surface area contributed by atoms with E-state index in [2.05, 4.69) is 11.6 Å². The van der Waals surface area contributed by atoms with Gasteiger partial charge in [0.25, 0.3) is 0 Å². The maximum atomic E-state index is 5.80. The van der Waals surface area contributed by atoms with Crippen LogP contribution < -0.4 is 5.73 Å². The second kappa shape index (κ2) is 4.67. The zero-order valence-corrected chi connectivity index (χ0v) is 7.11. The van der Waals surface area contributed by atoms with Crippen molar-refractivity contribution in [2.45, 2.75) is 18.9 Å². The third-order valence-corrected chi connectivity index (χ3v) is 1.67. The SMILES string of the molecule is C=CCC(N)Cc1ccccn1. The molecule has 0 radical (unpaired) electrons. The van der Waals surface area contributed by atoms with Crippen molar-refractivity contribution in [2.24, 2.45) is 5.73 Å². The Hall–Kier alpha value is -1.15. The van der Waals surface area contributed by atoms with Gasteiger partial charge in [-0.25, -0.2) is 0 Å². The van der Waals surface area contributed by atoms with Gasteiger partial charge in [0, 0.05) is 24.4 Å². The first-order chi connectivity index (χ1) is 5.83. The lowest BCUT2D eigenvalue weighted by Gasteiger charge is -2.06.